The molecule has 5 nitrogen and oxygen atoms in total. The molecule has 1 fully saturated rings. The van der Waals surface area contributed by atoms with Crippen LogP contribution in [0.2, 0.25) is 0 Å². The third-order valence-electron chi connectivity index (χ3n) is 4.04. The molecule has 3 rings (SSSR count). The zero-order valence-corrected chi connectivity index (χ0v) is 13.5. The fourth-order valence-corrected chi connectivity index (χ4v) is 2.69. The SMILES string of the molecule is CN(C)c1ccc(C2CN(C(=O)c3cccnc3)CCO2)cc1. The van der Waals surface area contributed by atoms with Crippen molar-refractivity contribution < 1.29 is 9.53 Å². The lowest BCUT2D eigenvalue weighted by Gasteiger charge is -2.33. The summed E-state index contributed by atoms with van der Waals surface area (Å²) >= 11 is 0. The fourth-order valence-electron chi connectivity index (χ4n) is 2.69. The van der Waals surface area contributed by atoms with Gasteiger partial charge in [-0.25, -0.2) is 0 Å². The van der Waals surface area contributed by atoms with E-state index < -0.39 is 0 Å². The number of benzene rings is 1. The number of nitrogens with zero attached hydrogens (tertiary/aromatic N) is 3. The number of carbonyl (C=O) groups is 1. The quantitative estimate of drug-likeness (QED) is 0.873. The molecule has 0 aliphatic carbocycles. The molecule has 1 aromatic carbocycles. The standard InChI is InChI=1S/C18H21N3O2/c1-20(2)16-7-5-14(6-8-16)17-13-21(10-11-23-17)18(22)15-4-3-9-19-12-15/h3-9,12,17H,10-11,13H2,1-2H3. The largest absolute Gasteiger partial charge is 0.378 e. The highest BCUT2D eigenvalue weighted by molar-refractivity contribution is 5.93. The Morgan fingerprint density at radius 1 is 1.26 bits per heavy atom. The highest BCUT2D eigenvalue weighted by Gasteiger charge is 2.26. The van der Waals surface area contributed by atoms with E-state index in [-0.39, 0.29) is 12.0 Å². The summed E-state index contributed by atoms with van der Waals surface area (Å²) in [6, 6.07) is 11.9. The molecular formula is C18H21N3O2. The van der Waals surface area contributed by atoms with Crippen molar-refractivity contribution in [3.05, 3.63) is 59.9 Å². The van der Waals surface area contributed by atoms with Gasteiger partial charge < -0.3 is 14.5 Å². The van der Waals surface area contributed by atoms with Crippen LogP contribution in [0.5, 0.6) is 0 Å². The number of aromatic nitrogens is 1. The number of amides is 1. The number of anilines is 1. The Labute approximate surface area is 136 Å². The molecular weight excluding hydrogens is 290 g/mol. The Morgan fingerprint density at radius 3 is 2.70 bits per heavy atom. The van der Waals surface area contributed by atoms with Crippen molar-refractivity contribution in [1.29, 1.82) is 0 Å². The maximum absolute atomic E-state index is 12.5. The average Bonchev–Trinajstić information content (AvgIpc) is 2.62. The van der Waals surface area contributed by atoms with Gasteiger partial charge in [-0.1, -0.05) is 12.1 Å². The van der Waals surface area contributed by atoms with Crippen LogP contribution >= 0.6 is 0 Å². The van der Waals surface area contributed by atoms with E-state index >= 15 is 0 Å². The van der Waals surface area contributed by atoms with E-state index in [0.717, 1.165) is 11.3 Å². The minimum absolute atomic E-state index is 0.0105. The third kappa shape index (κ3) is 3.51. The first-order valence-corrected chi connectivity index (χ1v) is 7.73. The van der Waals surface area contributed by atoms with Gasteiger partial charge >= 0.3 is 0 Å². The predicted molar refractivity (Wildman–Crippen MR) is 89.6 cm³/mol. The molecule has 1 saturated heterocycles. The van der Waals surface area contributed by atoms with Crippen LogP contribution in [0.15, 0.2) is 48.8 Å². The van der Waals surface area contributed by atoms with Crippen LogP contribution in [0.3, 0.4) is 0 Å². The van der Waals surface area contributed by atoms with E-state index in [9.17, 15) is 4.79 Å². The molecule has 0 bridgehead atoms. The maximum Gasteiger partial charge on any atom is 0.255 e. The van der Waals surface area contributed by atoms with Crippen molar-refractivity contribution in [2.24, 2.45) is 0 Å². The number of ether oxygens (including phenoxy) is 1. The van der Waals surface area contributed by atoms with E-state index in [2.05, 4.69) is 34.1 Å². The number of pyridine rings is 1. The smallest absolute Gasteiger partial charge is 0.255 e. The minimum Gasteiger partial charge on any atom is -0.378 e. The molecule has 0 radical (unpaired) electrons. The van der Waals surface area contributed by atoms with E-state index in [1.54, 1.807) is 24.5 Å². The van der Waals surface area contributed by atoms with Gasteiger partial charge in [0.2, 0.25) is 0 Å². The topological polar surface area (TPSA) is 45.7 Å². The number of morpholine rings is 1. The number of hydrogen-bond donors (Lipinski definition) is 0. The summed E-state index contributed by atoms with van der Waals surface area (Å²) in [5, 5.41) is 0. The van der Waals surface area contributed by atoms with Gasteiger partial charge in [0.1, 0.15) is 6.10 Å². The fraction of sp³-hybridized carbons (Fsp3) is 0.333. The summed E-state index contributed by atoms with van der Waals surface area (Å²) in [6.07, 6.45) is 3.20. The summed E-state index contributed by atoms with van der Waals surface area (Å²) in [4.78, 5) is 20.5. The van der Waals surface area contributed by atoms with Crippen LogP contribution in [-0.4, -0.2) is 49.6 Å². The molecule has 2 aromatic rings. The van der Waals surface area contributed by atoms with Crippen molar-refractivity contribution in [1.82, 2.24) is 9.88 Å². The summed E-state index contributed by atoms with van der Waals surface area (Å²) < 4.78 is 5.86. The monoisotopic (exact) mass is 311 g/mol. The summed E-state index contributed by atoms with van der Waals surface area (Å²) in [5.41, 5.74) is 2.86. The molecule has 1 aliphatic heterocycles. The second-order valence-corrected chi connectivity index (χ2v) is 5.84. The molecule has 2 heterocycles. The van der Waals surface area contributed by atoms with Crippen LogP contribution in [0.1, 0.15) is 22.0 Å². The van der Waals surface area contributed by atoms with Gasteiger partial charge in [0.15, 0.2) is 0 Å². The molecule has 1 aromatic heterocycles. The molecule has 1 unspecified atom stereocenters. The third-order valence-corrected chi connectivity index (χ3v) is 4.04. The first kappa shape index (κ1) is 15.5. The lowest BCUT2D eigenvalue weighted by molar-refractivity contribution is -0.0228. The summed E-state index contributed by atoms with van der Waals surface area (Å²) in [6.45, 7) is 1.72. The molecule has 1 amide bonds. The highest BCUT2D eigenvalue weighted by Crippen LogP contribution is 2.25. The molecule has 23 heavy (non-hydrogen) atoms. The lowest BCUT2D eigenvalue weighted by Crippen LogP contribution is -2.42. The Hall–Kier alpha value is -2.40. The molecule has 5 heteroatoms. The first-order valence-electron chi connectivity index (χ1n) is 7.73. The minimum atomic E-state index is -0.0828. The second-order valence-electron chi connectivity index (χ2n) is 5.84. The van der Waals surface area contributed by atoms with E-state index in [1.807, 2.05) is 19.0 Å². The molecule has 0 N–H and O–H groups in total. The predicted octanol–water partition coefficient (Wildman–Crippen LogP) is 2.36. The maximum atomic E-state index is 12.5. The van der Waals surface area contributed by atoms with Gasteiger partial charge in [0, 0.05) is 38.7 Å². The number of rotatable bonds is 3. The van der Waals surface area contributed by atoms with Crippen LogP contribution in [-0.2, 0) is 4.74 Å². The van der Waals surface area contributed by atoms with Gasteiger partial charge in [0.25, 0.3) is 5.91 Å². The van der Waals surface area contributed by atoms with E-state index in [1.165, 1.54) is 0 Å². The zero-order valence-electron chi connectivity index (χ0n) is 13.5. The van der Waals surface area contributed by atoms with Gasteiger partial charge in [0.05, 0.1) is 18.7 Å². The zero-order chi connectivity index (χ0) is 16.2. The van der Waals surface area contributed by atoms with E-state index in [4.69, 9.17) is 4.74 Å². The average molecular weight is 311 g/mol. The molecule has 1 atom stereocenters. The normalized spacial score (nSPS) is 17.8. The van der Waals surface area contributed by atoms with Crippen LogP contribution in [0.25, 0.3) is 0 Å². The molecule has 1 aliphatic rings. The van der Waals surface area contributed by atoms with E-state index in [0.29, 0.717) is 25.3 Å². The Morgan fingerprint density at radius 2 is 2.04 bits per heavy atom. The Balaban J connectivity index is 1.72. The van der Waals surface area contributed by atoms with Crippen molar-refractivity contribution in [3.63, 3.8) is 0 Å². The molecule has 0 spiro atoms. The van der Waals surface area contributed by atoms with Gasteiger partial charge in [-0.3, -0.25) is 9.78 Å². The van der Waals surface area contributed by atoms with Crippen LogP contribution < -0.4 is 4.90 Å². The number of carbonyl (C=O) groups excluding carboxylic acids is 1. The Kier molecular flexibility index (Phi) is 4.57. The highest BCUT2D eigenvalue weighted by atomic mass is 16.5. The molecule has 120 valence electrons. The van der Waals surface area contributed by atoms with Gasteiger partial charge in [-0.05, 0) is 29.8 Å². The van der Waals surface area contributed by atoms with Crippen molar-refractivity contribution >= 4 is 11.6 Å². The van der Waals surface area contributed by atoms with Crippen molar-refractivity contribution in [3.8, 4) is 0 Å². The van der Waals surface area contributed by atoms with Crippen molar-refractivity contribution in [2.75, 3.05) is 38.7 Å². The van der Waals surface area contributed by atoms with Crippen LogP contribution in [0, 0.1) is 0 Å². The van der Waals surface area contributed by atoms with Gasteiger partial charge in [-0.2, -0.15) is 0 Å². The molecule has 0 saturated carbocycles. The number of hydrogen-bond acceptors (Lipinski definition) is 4. The summed E-state index contributed by atoms with van der Waals surface area (Å²) in [7, 11) is 4.03. The first-order chi connectivity index (χ1) is 11.1. The summed E-state index contributed by atoms with van der Waals surface area (Å²) in [5.74, 6) is 0.0105. The Bertz CT molecular complexity index is 656. The lowest BCUT2D eigenvalue weighted by atomic mass is 10.1. The van der Waals surface area contributed by atoms with Crippen LogP contribution in [0.4, 0.5) is 5.69 Å². The van der Waals surface area contributed by atoms with Crippen molar-refractivity contribution in [2.45, 2.75) is 6.10 Å². The second kappa shape index (κ2) is 6.79. The van der Waals surface area contributed by atoms with Gasteiger partial charge in [-0.15, -0.1) is 0 Å².